The van der Waals surface area contributed by atoms with E-state index in [4.69, 9.17) is 16.3 Å². The molecule has 0 radical (unpaired) electrons. The molecule has 2 amide bonds. The smallest absolute Gasteiger partial charge is 0.264 e. The van der Waals surface area contributed by atoms with Crippen molar-refractivity contribution in [3.8, 4) is 17.0 Å². The second-order valence-corrected chi connectivity index (χ2v) is 7.65. The van der Waals surface area contributed by atoms with Crippen LogP contribution in [0.25, 0.3) is 11.3 Å². The van der Waals surface area contributed by atoms with Gasteiger partial charge in [-0.3, -0.25) is 14.9 Å². The lowest BCUT2D eigenvalue weighted by Crippen LogP contribution is -2.20. The quantitative estimate of drug-likeness (QED) is 0.654. The summed E-state index contributed by atoms with van der Waals surface area (Å²) < 4.78 is 5.50. The first kappa shape index (κ1) is 18.5. The SMILES string of the molecule is Cc1cc(OCC(=O)Nc2nc(-c3ccc4c(c3)CC(=O)N4)cs2)ccc1Cl. The topological polar surface area (TPSA) is 80.3 Å². The van der Waals surface area contributed by atoms with E-state index < -0.39 is 0 Å². The number of benzene rings is 2. The molecular formula is C20H16ClN3O3S. The van der Waals surface area contributed by atoms with Crippen LogP contribution in [0, 0.1) is 6.92 Å². The number of hydrogen-bond donors (Lipinski definition) is 2. The minimum absolute atomic E-state index is 0.00531. The zero-order valence-corrected chi connectivity index (χ0v) is 16.5. The van der Waals surface area contributed by atoms with Crippen LogP contribution >= 0.6 is 22.9 Å². The lowest BCUT2D eigenvalue weighted by atomic mass is 10.1. The summed E-state index contributed by atoms with van der Waals surface area (Å²) in [5.74, 6) is 0.282. The van der Waals surface area contributed by atoms with Crippen LogP contribution in [0.2, 0.25) is 5.02 Å². The minimum atomic E-state index is -0.294. The number of aromatic nitrogens is 1. The molecule has 6 nitrogen and oxygen atoms in total. The van der Waals surface area contributed by atoms with Crippen molar-refractivity contribution in [3.05, 3.63) is 57.9 Å². The lowest BCUT2D eigenvalue weighted by molar-refractivity contribution is -0.118. The van der Waals surface area contributed by atoms with Crippen molar-refractivity contribution in [3.63, 3.8) is 0 Å². The Hall–Kier alpha value is -2.90. The molecule has 1 aromatic heterocycles. The third-order valence-corrected chi connectivity index (χ3v) is 5.46. The number of nitrogens with zero attached hydrogens (tertiary/aromatic N) is 1. The number of ether oxygens (including phenoxy) is 1. The largest absolute Gasteiger partial charge is 0.484 e. The van der Waals surface area contributed by atoms with Crippen molar-refractivity contribution in [1.29, 1.82) is 0 Å². The summed E-state index contributed by atoms with van der Waals surface area (Å²) in [5.41, 5.74) is 4.33. The van der Waals surface area contributed by atoms with Gasteiger partial charge in [-0.1, -0.05) is 17.7 Å². The van der Waals surface area contributed by atoms with Crippen LogP contribution in [0.15, 0.2) is 41.8 Å². The summed E-state index contributed by atoms with van der Waals surface area (Å²) in [5, 5.41) is 8.55. The third kappa shape index (κ3) is 4.00. The molecule has 0 atom stereocenters. The first-order chi connectivity index (χ1) is 13.5. The normalized spacial score (nSPS) is 12.4. The Morgan fingerprint density at radius 3 is 3.00 bits per heavy atom. The predicted octanol–water partition coefficient (Wildman–Crippen LogP) is 4.28. The highest BCUT2D eigenvalue weighted by molar-refractivity contribution is 7.14. The standard InChI is InChI=1S/C20H16ClN3O3S/c1-11-6-14(3-4-15(11)21)27-9-19(26)24-20-23-17(10-28-20)12-2-5-16-13(7-12)8-18(25)22-16/h2-7,10H,8-9H2,1H3,(H,22,25)(H,23,24,26). The van der Waals surface area contributed by atoms with Crippen molar-refractivity contribution in [1.82, 2.24) is 4.98 Å². The second-order valence-electron chi connectivity index (χ2n) is 6.38. The highest BCUT2D eigenvalue weighted by Gasteiger charge is 2.18. The lowest BCUT2D eigenvalue weighted by Gasteiger charge is -2.07. The van der Waals surface area contributed by atoms with Crippen molar-refractivity contribution in [2.45, 2.75) is 13.3 Å². The molecule has 142 valence electrons. The molecule has 0 unspecified atom stereocenters. The molecule has 2 heterocycles. The number of nitrogens with one attached hydrogen (secondary N) is 2. The molecule has 28 heavy (non-hydrogen) atoms. The van der Waals surface area contributed by atoms with Crippen LogP contribution < -0.4 is 15.4 Å². The van der Waals surface area contributed by atoms with Crippen molar-refractivity contribution in [2.75, 3.05) is 17.2 Å². The van der Waals surface area contributed by atoms with Gasteiger partial charge in [0.25, 0.3) is 5.91 Å². The van der Waals surface area contributed by atoms with Crippen LogP contribution in [0.3, 0.4) is 0 Å². The molecule has 8 heteroatoms. The van der Waals surface area contributed by atoms with E-state index in [0.29, 0.717) is 22.3 Å². The van der Waals surface area contributed by atoms with E-state index in [9.17, 15) is 9.59 Å². The second kappa shape index (κ2) is 7.61. The Morgan fingerprint density at radius 1 is 1.32 bits per heavy atom. The van der Waals surface area contributed by atoms with Crippen LogP contribution in [-0.2, 0) is 16.0 Å². The zero-order chi connectivity index (χ0) is 19.7. The van der Waals surface area contributed by atoms with Gasteiger partial charge in [0.05, 0.1) is 12.1 Å². The molecule has 0 saturated heterocycles. The van der Waals surface area contributed by atoms with E-state index >= 15 is 0 Å². The molecule has 2 aromatic carbocycles. The van der Waals surface area contributed by atoms with Gasteiger partial charge in [0, 0.05) is 21.7 Å². The Balaban J connectivity index is 1.38. The molecule has 0 saturated carbocycles. The van der Waals surface area contributed by atoms with Crippen molar-refractivity contribution >= 4 is 45.6 Å². The van der Waals surface area contributed by atoms with Crippen LogP contribution in [0.4, 0.5) is 10.8 Å². The minimum Gasteiger partial charge on any atom is -0.484 e. The maximum atomic E-state index is 12.1. The number of fused-ring (bicyclic) bond motifs is 1. The molecule has 3 aromatic rings. The Kier molecular flexibility index (Phi) is 5.02. The van der Waals surface area contributed by atoms with Gasteiger partial charge in [0.2, 0.25) is 5.91 Å². The Bertz CT molecular complexity index is 1080. The summed E-state index contributed by atoms with van der Waals surface area (Å²) >= 11 is 7.31. The molecule has 0 spiro atoms. The highest BCUT2D eigenvalue weighted by atomic mass is 35.5. The fourth-order valence-corrected chi connectivity index (χ4v) is 3.72. The van der Waals surface area contributed by atoms with Gasteiger partial charge in [-0.05, 0) is 48.4 Å². The molecule has 4 rings (SSSR count). The average molecular weight is 414 g/mol. The molecule has 0 bridgehead atoms. The van der Waals surface area contributed by atoms with Crippen LogP contribution in [0.5, 0.6) is 5.75 Å². The monoisotopic (exact) mass is 413 g/mol. The number of aryl methyl sites for hydroxylation is 1. The van der Waals surface area contributed by atoms with E-state index in [1.165, 1.54) is 11.3 Å². The van der Waals surface area contributed by atoms with Gasteiger partial charge in [0.1, 0.15) is 5.75 Å². The average Bonchev–Trinajstić information content (AvgIpc) is 3.27. The zero-order valence-electron chi connectivity index (χ0n) is 14.9. The molecule has 0 aliphatic carbocycles. The molecule has 1 aliphatic rings. The highest BCUT2D eigenvalue weighted by Crippen LogP contribution is 2.30. The number of anilines is 2. The van der Waals surface area contributed by atoms with Gasteiger partial charge in [-0.2, -0.15) is 0 Å². The van der Waals surface area contributed by atoms with E-state index in [0.717, 1.165) is 28.1 Å². The van der Waals surface area contributed by atoms with Gasteiger partial charge in [0.15, 0.2) is 11.7 Å². The van der Waals surface area contributed by atoms with E-state index in [2.05, 4.69) is 15.6 Å². The first-order valence-corrected chi connectivity index (χ1v) is 9.81. The number of thiazole rings is 1. The van der Waals surface area contributed by atoms with Crippen LogP contribution in [-0.4, -0.2) is 23.4 Å². The van der Waals surface area contributed by atoms with E-state index in [1.807, 2.05) is 30.5 Å². The fraction of sp³-hybridized carbons (Fsp3) is 0.150. The van der Waals surface area contributed by atoms with Crippen LogP contribution in [0.1, 0.15) is 11.1 Å². The maximum Gasteiger partial charge on any atom is 0.264 e. The van der Waals surface area contributed by atoms with Gasteiger partial charge in [-0.25, -0.2) is 4.98 Å². The van der Waals surface area contributed by atoms with Gasteiger partial charge < -0.3 is 10.1 Å². The summed E-state index contributed by atoms with van der Waals surface area (Å²) in [6, 6.07) is 10.9. The summed E-state index contributed by atoms with van der Waals surface area (Å²) in [6.07, 6.45) is 0.373. The van der Waals surface area contributed by atoms with E-state index in [-0.39, 0.29) is 18.4 Å². The maximum absolute atomic E-state index is 12.1. The number of carbonyl (C=O) groups excluding carboxylic acids is 2. The fourth-order valence-electron chi connectivity index (χ4n) is 2.86. The summed E-state index contributed by atoms with van der Waals surface area (Å²) in [4.78, 5) is 28.1. The number of amides is 2. The number of halogens is 1. The molecular weight excluding hydrogens is 398 g/mol. The molecule has 2 N–H and O–H groups in total. The van der Waals surface area contributed by atoms with Gasteiger partial charge in [-0.15, -0.1) is 11.3 Å². The third-order valence-electron chi connectivity index (χ3n) is 4.28. The first-order valence-electron chi connectivity index (χ1n) is 8.55. The number of hydrogen-bond acceptors (Lipinski definition) is 5. The summed E-state index contributed by atoms with van der Waals surface area (Å²) in [6.45, 7) is 1.75. The predicted molar refractivity (Wildman–Crippen MR) is 110 cm³/mol. The summed E-state index contributed by atoms with van der Waals surface area (Å²) in [7, 11) is 0. The Morgan fingerprint density at radius 2 is 2.18 bits per heavy atom. The van der Waals surface area contributed by atoms with Gasteiger partial charge >= 0.3 is 0 Å². The van der Waals surface area contributed by atoms with Crippen molar-refractivity contribution < 1.29 is 14.3 Å². The van der Waals surface area contributed by atoms with Crippen molar-refractivity contribution in [2.24, 2.45) is 0 Å². The number of carbonyl (C=O) groups is 2. The number of rotatable bonds is 5. The molecule has 1 aliphatic heterocycles. The van der Waals surface area contributed by atoms with E-state index in [1.54, 1.807) is 18.2 Å². The Labute approximate surface area is 170 Å². The molecule has 0 fully saturated rings.